The number of nitrogens with zero attached hydrogens (tertiary/aromatic N) is 4. The minimum Gasteiger partial charge on any atom is -0.491 e. The van der Waals surface area contributed by atoms with E-state index in [1.54, 1.807) is 17.1 Å². The van der Waals surface area contributed by atoms with Gasteiger partial charge in [-0.05, 0) is 24.3 Å². The number of hydrazine groups is 1. The van der Waals surface area contributed by atoms with Gasteiger partial charge in [0, 0.05) is 45.0 Å². The molecule has 0 saturated carbocycles. The third-order valence-electron chi connectivity index (χ3n) is 4.56. The average Bonchev–Trinajstić information content (AvgIpc) is 2.76. The average molecular weight is 434 g/mol. The molecule has 0 spiro atoms. The van der Waals surface area contributed by atoms with Gasteiger partial charge in [0.05, 0.1) is 10.6 Å². The number of hydrogen-bond donors (Lipinski definition) is 2. The number of benzene rings is 1. The number of pyridine rings is 1. The van der Waals surface area contributed by atoms with E-state index in [0.29, 0.717) is 44.0 Å². The van der Waals surface area contributed by atoms with Crippen molar-refractivity contribution in [2.24, 2.45) is 0 Å². The van der Waals surface area contributed by atoms with E-state index in [0.717, 1.165) is 0 Å². The fourth-order valence-corrected chi connectivity index (χ4v) is 3.06. The molecule has 2 N–H and O–H groups in total. The maximum atomic E-state index is 13.4. The van der Waals surface area contributed by atoms with Crippen LogP contribution in [0.5, 0.6) is 5.75 Å². The van der Waals surface area contributed by atoms with Gasteiger partial charge >= 0.3 is 0 Å². The van der Waals surface area contributed by atoms with Crippen LogP contribution in [0.15, 0.2) is 36.5 Å². The molecule has 3 rings (SSSR count). The molecular formula is C20H21ClFN5O3. The molecule has 1 aromatic heterocycles. The molecule has 0 radical (unpaired) electrons. The number of aliphatic hydroxyl groups excluding tert-OH is 1. The van der Waals surface area contributed by atoms with E-state index in [1.165, 1.54) is 24.4 Å². The Bertz CT molecular complexity index is 914. The summed E-state index contributed by atoms with van der Waals surface area (Å²) in [6, 6.07) is 9.13. The number of carbonyl (C=O) groups excluding carboxylic acids is 1. The highest BCUT2D eigenvalue weighted by Crippen LogP contribution is 2.20. The molecule has 2 aromatic rings. The monoisotopic (exact) mass is 433 g/mol. The predicted molar refractivity (Wildman–Crippen MR) is 107 cm³/mol. The second-order valence-electron chi connectivity index (χ2n) is 6.81. The Balaban J connectivity index is 1.38. The van der Waals surface area contributed by atoms with Crippen LogP contribution in [-0.4, -0.2) is 71.3 Å². The van der Waals surface area contributed by atoms with Gasteiger partial charge in [-0.3, -0.25) is 15.1 Å². The highest BCUT2D eigenvalue weighted by molar-refractivity contribution is 6.30. The second-order valence-corrected chi connectivity index (χ2v) is 7.22. The summed E-state index contributed by atoms with van der Waals surface area (Å²) >= 11 is 5.63. The summed E-state index contributed by atoms with van der Waals surface area (Å²) in [5.41, 5.74) is 3.42. The smallest absolute Gasteiger partial charge is 0.284 e. The molecule has 30 heavy (non-hydrogen) atoms. The highest BCUT2D eigenvalue weighted by atomic mass is 35.5. The highest BCUT2D eigenvalue weighted by Gasteiger charge is 2.21. The van der Waals surface area contributed by atoms with E-state index >= 15 is 0 Å². The first-order valence-electron chi connectivity index (χ1n) is 9.35. The molecule has 0 aliphatic carbocycles. The molecule has 158 valence electrons. The summed E-state index contributed by atoms with van der Waals surface area (Å²) in [5, 5.41) is 20.8. The minimum absolute atomic E-state index is 0.0165. The van der Waals surface area contributed by atoms with E-state index in [1.807, 2.05) is 6.07 Å². The van der Waals surface area contributed by atoms with Crippen molar-refractivity contribution in [3.63, 3.8) is 0 Å². The van der Waals surface area contributed by atoms with Gasteiger partial charge in [0.25, 0.3) is 5.91 Å². The Hall–Kier alpha value is -2.77. The number of hydrogen-bond acceptors (Lipinski definition) is 7. The van der Waals surface area contributed by atoms with Crippen molar-refractivity contribution in [3.05, 3.63) is 58.6 Å². The molecular weight excluding hydrogens is 413 g/mol. The standard InChI is InChI=1S/C20H21ClFN5O3/c21-17-3-2-16(9-18(17)22)30-13-15(28)12-26-5-7-27(8-6-26)25-20(29)19-4-1-14(10-23)11-24-19/h1-4,9,11,15,28H,5-8,12-13H2,(H,25,29). The number of β-amino-alcohol motifs (C(OH)–C–C–N with tert-alkyl or cyclic N) is 1. The fourth-order valence-electron chi connectivity index (χ4n) is 2.95. The van der Waals surface area contributed by atoms with Gasteiger partial charge in [-0.15, -0.1) is 0 Å². The van der Waals surface area contributed by atoms with E-state index in [-0.39, 0.29) is 23.2 Å². The van der Waals surface area contributed by atoms with E-state index in [4.69, 9.17) is 21.6 Å². The van der Waals surface area contributed by atoms with Gasteiger partial charge in [0.1, 0.15) is 36.0 Å². The molecule has 1 amide bonds. The molecule has 8 nitrogen and oxygen atoms in total. The summed E-state index contributed by atoms with van der Waals surface area (Å²) < 4.78 is 18.8. The van der Waals surface area contributed by atoms with Crippen molar-refractivity contribution in [2.75, 3.05) is 39.3 Å². The topological polar surface area (TPSA) is 102 Å². The van der Waals surface area contributed by atoms with Crippen molar-refractivity contribution < 1.29 is 19.0 Å². The van der Waals surface area contributed by atoms with Gasteiger partial charge in [-0.1, -0.05) is 11.6 Å². The zero-order valence-corrected chi connectivity index (χ0v) is 16.8. The largest absolute Gasteiger partial charge is 0.491 e. The van der Waals surface area contributed by atoms with Crippen LogP contribution in [-0.2, 0) is 0 Å². The maximum absolute atomic E-state index is 13.4. The summed E-state index contributed by atoms with van der Waals surface area (Å²) in [6.07, 6.45) is 0.613. The quantitative estimate of drug-likeness (QED) is 0.681. The number of nitrogens with one attached hydrogen (secondary N) is 1. The Morgan fingerprint density at radius 3 is 2.73 bits per heavy atom. The number of aromatic nitrogens is 1. The predicted octanol–water partition coefficient (Wildman–Crippen LogP) is 1.45. The summed E-state index contributed by atoms with van der Waals surface area (Å²) in [5.74, 6) is -0.602. The van der Waals surface area contributed by atoms with Crippen LogP contribution in [0, 0.1) is 17.1 Å². The number of aliphatic hydroxyl groups is 1. The molecule has 2 heterocycles. The van der Waals surface area contributed by atoms with Crippen LogP contribution in [0.2, 0.25) is 5.02 Å². The lowest BCUT2D eigenvalue weighted by molar-refractivity contribution is 0.0315. The van der Waals surface area contributed by atoms with Crippen LogP contribution in [0.3, 0.4) is 0 Å². The van der Waals surface area contributed by atoms with Crippen molar-refractivity contribution in [3.8, 4) is 11.8 Å². The number of amides is 1. The molecule has 1 aliphatic rings. The molecule has 1 unspecified atom stereocenters. The molecule has 1 aromatic carbocycles. The third kappa shape index (κ3) is 6.11. The number of rotatable bonds is 7. The molecule has 0 bridgehead atoms. The first-order chi connectivity index (χ1) is 14.4. The molecule has 1 fully saturated rings. The third-order valence-corrected chi connectivity index (χ3v) is 4.87. The van der Waals surface area contributed by atoms with Crippen LogP contribution in [0.25, 0.3) is 0 Å². The minimum atomic E-state index is -0.743. The lowest BCUT2D eigenvalue weighted by Crippen LogP contribution is -2.55. The number of nitriles is 1. The van der Waals surface area contributed by atoms with E-state index in [2.05, 4.69) is 15.3 Å². The van der Waals surface area contributed by atoms with E-state index < -0.39 is 11.9 Å². The first kappa shape index (κ1) is 21.9. The van der Waals surface area contributed by atoms with Gasteiger partial charge in [0.15, 0.2) is 0 Å². The maximum Gasteiger partial charge on any atom is 0.284 e. The van der Waals surface area contributed by atoms with Gasteiger partial charge in [0.2, 0.25) is 0 Å². The Morgan fingerprint density at radius 2 is 2.10 bits per heavy atom. The molecule has 1 aliphatic heterocycles. The zero-order chi connectivity index (χ0) is 21.5. The van der Waals surface area contributed by atoms with Crippen LogP contribution in [0.1, 0.15) is 16.1 Å². The van der Waals surface area contributed by atoms with Gasteiger partial charge in [-0.2, -0.15) is 5.26 Å². The second kappa shape index (κ2) is 10.3. The summed E-state index contributed by atoms with van der Waals surface area (Å²) in [4.78, 5) is 18.3. The Kier molecular flexibility index (Phi) is 7.54. The van der Waals surface area contributed by atoms with Crippen LogP contribution in [0.4, 0.5) is 4.39 Å². The number of ether oxygens (including phenoxy) is 1. The lowest BCUT2D eigenvalue weighted by Gasteiger charge is -2.35. The van der Waals surface area contributed by atoms with Crippen molar-refractivity contribution in [2.45, 2.75) is 6.10 Å². The summed E-state index contributed by atoms with van der Waals surface area (Å²) in [6.45, 7) is 2.88. The Labute approximate surface area is 178 Å². The van der Waals surface area contributed by atoms with Gasteiger partial charge in [-0.25, -0.2) is 14.4 Å². The van der Waals surface area contributed by atoms with Crippen molar-refractivity contribution in [1.82, 2.24) is 20.3 Å². The first-order valence-corrected chi connectivity index (χ1v) is 9.73. The molecule has 1 saturated heterocycles. The normalized spacial score (nSPS) is 15.9. The molecule has 1 atom stereocenters. The van der Waals surface area contributed by atoms with Crippen molar-refractivity contribution in [1.29, 1.82) is 5.26 Å². The van der Waals surface area contributed by atoms with E-state index in [9.17, 15) is 14.3 Å². The van der Waals surface area contributed by atoms with Crippen LogP contribution < -0.4 is 10.2 Å². The number of halogens is 2. The number of carbonyl (C=O) groups is 1. The van der Waals surface area contributed by atoms with Crippen LogP contribution >= 0.6 is 11.6 Å². The molecule has 10 heteroatoms. The van der Waals surface area contributed by atoms with Crippen molar-refractivity contribution >= 4 is 17.5 Å². The SMILES string of the molecule is N#Cc1ccc(C(=O)NN2CCN(CC(O)COc3ccc(Cl)c(F)c3)CC2)nc1. The lowest BCUT2D eigenvalue weighted by atomic mass is 10.2. The number of piperazine rings is 1. The summed E-state index contributed by atoms with van der Waals surface area (Å²) in [7, 11) is 0. The Morgan fingerprint density at radius 1 is 1.33 bits per heavy atom. The zero-order valence-electron chi connectivity index (χ0n) is 16.1. The fraction of sp³-hybridized carbons (Fsp3) is 0.350. The van der Waals surface area contributed by atoms with Gasteiger partial charge < -0.3 is 9.84 Å².